The second kappa shape index (κ2) is 8.48. The summed E-state index contributed by atoms with van der Waals surface area (Å²) in [6.45, 7) is 6.31. The van der Waals surface area contributed by atoms with E-state index in [9.17, 15) is 4.79 Å². The fourth-order valence-corrected chi connectivity index (χ4v) is 2.74. The van der Waals surface area contributed by atoms with E-state index in [1.54, 1.807) is 0 Å². The summed E-state index contributed by atoms with van der Waals surface area (Å²) in [6.07, 6.45) is 0. The molecule has 2 amide bonds. The number of hydrogen-bond acceptors (Lipinski definition) is 6. The van der Waals surface area contributed by atoms with E-state index in [4.69, 9.17) is 4.52 Å². The SMILES string of the molecule is CN1CCNCC1c1noc(C(C)(C)NC(=O)Nc2ccccc2)n1.Cl. The predicted octanol–water partition coefficient (Wildman–Crippen LogP) is 2.12. The number of piperazine rings is 1. The van der Waals surface area contributed by atoms with Gasteiger partial charge in [0.05, 0.1) is 6.04 Å². The molecule has 1 aliphatic rings. The van der Waals surface area contributed by atoms with Crippen molar-refractivity contribution in [3.05, 3.63) is 42.0 Å². The molecule has 2 heterocycles. The summed E-state index contributed by atoms with van der Waals surface area (Å²) >= 11 is 0. The molecule has 0 saturated carbocycles. The normalized spacial score (nSPS) is 18.0. The number of hydrogen-bond donors (Lipinski definition) is 3. The topological polar surface area (TPSA) is 95.3 Å². The molecule has 8 nitrogen and oxygen atoms in total. The monoisotopic (exact) mass is 380 g/mol. The zero-order valence-electron chi connectivity index (χ0n) is 15.2. The maximum absolute atomic E-state index is 12.2. The van der Waals surface area contributed by atoms with E-state index in [0.29, 0.717) is 11.7 Å². The van der Waals surface area contributed by atoms with Gasteiger partial charge in [-0.25, -0.2) is 4.79 Å². The fraction of sp³-hybridized carbons (Fsp3) is 0.471. The molecule has 26 heavy (non-hydrogen) atoms. The minimum Gasteiger partial charge on any atom is -0.337 e. The summed E-state index contributed by atoms with van der Waals surface area (Å²) in [5.74, 6) is 1.01. The van der Waals surface area contributed by atoms with Gasteiger partial charge in [-0.3, -0.25) is 4.90 Å². The van der Waals surface area contributed by atoms with Crippen LogP contribution in [0.5, 0.6) is 0 Å². The maximum Gasteiger partial charge on any atom is 0.320 e. The van der Waals surface area contributed by atoms with Crippen LogP contribution in [0.2, 0.25) is 0 Å². The zero-order chi connectivity index (χ0) is 17.9. The Morgan fingerprint density at radius 2 is 2.08 bits per heavy atom. The summed E-state index contributed by atoms with van der Waals surface area (Å²) in [7, 11) is 2.04. The van der Waals surface area contributed by atoms with E-state index < -0.39 is 5.54 Å². The maximum atomic E-state index is 12.2. The number of nitrogens with one attached hydrogen (secondary N) is 3. The number of benzene rings is 1. The summed E-state index contributed by atoms with van der Waals surface area (Å²) < 4.78 is 5.42. The Morgan fingerprint density at radius 3 is 2.77 bits per heavy atom. The highest BCUT2D eigenvalue weighted by Gasteiger charge is 2.32. The Kier molecular flexibility index (Phi) is 6.57. The average Bonchev–Trinajstić information content (AvgIpc) is 3.06. The van der Waals surface area contributed by atoms with Gasteiger partial charge >= 0.3 is 6.03 Å². The third kappa shape index (κ3) is 4.72. The van der Waals surface area contributed by atoms with Gasteiger partial charge in [-0.05, 0) is 33.0 Å². The van der Waals surface area contributed by atoms with Crippen LogP contribution in [0.25, 0.3) is 0 Å². The lowest BCUT2D eigenvalue weighted by atomic mass is 10.1. The highest BCUT2D eigenvalue weighted by atomic mass is 35.5. The lowest BCUT2D eigenvalue weighted by Crippen LogP contribution is -2.45. The third-order valence-electron chi connectivity index (χ3n) is 4.24. The zero-order valence-corrected chi connectivity index (χ0v) is 16.0. The van der Waals surface area contributed by atoms with E-state index in [-0.39, 0.29) is 24.5 Å². The number of nitrogens with zero attached hydrogens (tertiary/aromatic N) is 3. The minimum absolute atomic E-state index is 0. The molecule has 2 aromatic rings. The Bertz CT molecular complexity index is 721. The molecule has 3 N–H and O–H groups in total. The molecule has 0 bridgehead atoms. The fourth-order valence-electron chi connectivity index (χ4n) is 2.74. The van der Waals surface area contributed by atoms with Crippen LogP contribution >= 0.6 is 12.4 Å². The molecular weight excluding hydrogens is 356 g/mol. The van der Waals surface area contributed by atoms with Crippen molar-refractivity contribution in [2.75, 3.05) is 32.0 Å². The number of anilines is 1. The van der Waals surface area contributed by atoms with Crippen molar-refractivity contribution in [1.82, 2.24) is 25.7 Å². The first-order valence-electron chi connectivity index (χ1n) is 8.35. The summed E-state index contributed by atoms with van der Waals surface area (Å²) in [5, 5.41) is 13.1. The van der Waals surface area contributed by atoms with E-state index >= 15 is 0 Å². The number of carbonyl (C=O) groups excluding carboxylic acids is 1. The number of carbonyl (C=O) groups is 1. The van der Waals surface area contributed by atoms with Crippen molar-refractivity contribution in [1.29, 1.82) is 0 Å². The van der Waals surface area contributed by atoms with Gasteiger partial charge in [0.15, 0.2) is 5.82 Å². The largest absolute Gasteiger partial charge is 0.337 e. The molecule has 1 unspecified atom stereocenters. The molecular formula is C17H25ClN6O2. The summed E-state index contributed by atoms with van der Waals surface area (Å²) in [4.78, 5) is 18.9. The number of amides is 2. The van der Waals surface area contributed by atoms with Crippen molar-refractivity contribution >= 4 is 24.1 Å². The minimum atomic E-state index is -0.787. The molecule has 1 aromatic carbocycles. The quantitative estimate of drug-likeness (QED) is 0.752. The Morgan fingerprint density at radius 1 is 1.35 bits per heavy atom. The van der Waals surface area contributed by atoms with Crippen molar-refractivity contribution in [3.63, 3.8) is 0 Å². The Balaban J connectivity index is 0.00000243. The van der Waals surface area contributed by atoms with Crippen LogP contribution < -0.4 is 16.0 Å². The molecule has 1 atom stereocenters. The summed E-state index contributed by atoms with van der Waals surface area (Å²) in [5.41, 5.74) is -0.0676. The molecule has 0 radical (unpaired) electrons. The molecule has 1 fully saturated rings. The number of urea groups is 1. The third-order valence-corrected chi connectivity index (χ3v) is 4.24. The van der Waals surface area contributed by atoms with E-state index in [2.05, 4.69) is 31.0 Å². The molecule has 9 heteroatoms. The first kappa shape index (κ1) is 20.2. The van der Waals surface area contributed by atoms with E-state index in [0.717, 1.165) is 25.3 Å². The van der Waals surface area contributed by atoms with Crippen LogP contribution in [0, 0.1) is 0 Å². The predicted molar refractivity (Wildman–Crippen MR) is 101 cm³/mol. The molecule has 3 rings (SSSR count). The number of aromatic nitrogens is 2. The summed E-state index contributed by atoms with van der Waals surface area (Å²) in [6, 6.07) is 9.00. The van der Waals surface area contributed by atoms with Crippen molar-refractivity contribution in [3.8, 4) is 0 Å². The van der Waals surface area contributed by atoms with Crippen molar-refractivity contribution in [2.24, 2.45) is 0 Å². The number of para-hydroxylation sites is 1. The van der Waals surface area contributed by atoms with Crippen molar-refractivity contribution < 1.29 is 9.32 Å². The van der Waals surface area contributed by atoms with Gasteiger partial charge < -0.3 is 20.5 Å². The van der Waals surface area contributed by atoms with Crippen LogP contribution in [0.1, 0.15) is 31.6 Å². The smallest absolute Gasteiger partial charge is 0.320 e. The van der Waals surface area contributed by atoms with Crippen LogP contribution in [0.15, 0.2) is 34.9 Å². The standard InChI is InChI=1S/C17H24N6O2.ClH/c1-17(2,21-16(24)19-12-7-5-4-6-8-12)15-20-14(22-25-15)13-11-18-9-10-23(13)3;/h4-8,13,18H,9-11H2,1-3H3,(H2,19,21,24);1H. The van der Waals surface area contributed by atoms with Crippen LogP contribution in [0.4, 0.5) is 10.5 Å². The average molecular weight is 381 g/mol. The Labute approximate surface area is 159 Å². The van der Waals surface area contributed by atoms with Gasteiger partial charge in [0.2, 0.25) is 0 Å². The molecule has 1 aliphatic heterocycles. The van der Waals surface area contributed by atoms with Crippen LogP contribution in [0.3, 0.4) is 0 Å². The molecule has 0 aliphatic carbocycles. The molecule has 0 spiro atoms. The highest BCUT2D eigenvalue weighted by molar-refractivity contribution is 5.89. The van der Waals surface area contributed by atoms with Crippen LogP contribution in [-0.2, 0) is 5.54 Å². The number of halogens is 1. The molecule has 1 aromatic heterocycles. The van der Waals surface area contributed by atoms with E-state index in [1.165, 1.54) is 0 Å². The lowest BCUT2D eigenvalue weighted by molar-refractivity contribution is 0.189. The Hall–Kier alpha value is -2.16. The lowest BCUT2D eigenvalue weighted by Gasteiger charge is -2.30. The van der Waals surface area contributed by atoms with E-state index in [1.807, 2.05) is 51.2 Å². The van der Waals surface area contributed by atoms with Gasteiger partial charge in [-0.2, -0.15) is 4.98 Å². The molecule has 142 valence electrons. The first-order chi connectivity index (χ1) is 12.0. The van der Waals surface area contributed by atoms with Gasteiger partial charge in [-0.1, -0.05) is 23.4 Å². The van der Waals surface area contributed by atoms with Gasteiger partial charge in [0.1, 0.15) is 5.54 Å². The van der Waals surface area contributed by atoms with Crippen molar-refractivity contribution in [2.45, 2.75) is 25.4 Å². The van der Waals surface area contributed by atoms with Gasteiger partial charge in [0.25, 0.3) is 5.89 Å². The second-order valence-electron chi connectivity index (χ2n) is 6.73. The van der Waals surface area contributed by atoms with Gasteiger partial charge in [0, 0.05) is 25.3 Å². The molecule has 1 saturated heterocycles. The second-order valence-corrected chi connectivity index (χ2v) is 6.73. The highest BCUT2D eigenvalue weighted by Crippen LogP contribution is 2.23. The van der Waals surface area contributed by atoms with Crippen LogP contribution in [-0.4, -0.2) is 47.8 Å². The first-order valence-corrected chi connectivity index (χ1v) is 8.35. The number of likely N-dealkylation sites (N-methyl/N-ethyl adjacent to an activating group) is 1. The van der Waals surface area contributed by atoms with Gasteiger partial charge in [-0.15, -0.1) is 12.4 Å². The number of rotatable bonds is 4.